The van der Waals surface area contributed by atoms with E-state index < -0.39 is 0 Å². The van der Waals surface area contributed by atoms with E-state index in [4.69, 9.17) is 16.3 Å². The van der Waals surface area contributed by atoms with Crippen molar-refractivity contribution in [3.63, 3.8) is 0 Å². The molecule has 0 radical (unpaired) electrons. The third kappa shape index (κ3) is 4.16. The van der Waals surface area contributed by atoms with Gasteiger partial charge >= 0.3 is 0 Å². The van der Waals surface area contributed by atoms with Crippen LogP contribution >= 0.6 is 11.6 Å². The Balaban J connectivity index is 2.32. The molecule has 0 heterocycles. The summed E-state index contributed by atoms with van der Waals surface area (Å²) >= 11 is 6.33. The third-order valence-electron chi connectivity index (χ3n) is 2.85. The van der Waals surface area contributed by atoms with E-state index in [-0.39, 0.29) is 0 Å². The number of ether oxygens (including phenoxy) is 1. The van der Waals surface area contributed by atoms with Gasteiger partial charge in [0.2, 0.25) is 0 Å². The Labute approximate surface area is 92.3 Å². The van der Waals surface area contributed by atoms with Gasteiger partial charge in [-0.3, -0.25) is 0 Å². The molecule has 0 aliphatic heterocycles. The molecule has 84 valence electrons. The van der Waals surface area contributed by atoms with Crippen molar-refractivity contribution in [1.82, 2.24) is 5.32 Å². The lowest BCUT2D eigenvalue weighted by Gasteiger charge is -2.25. The summed E-state index contributed by atoms with van der Waals surface area (Å²) in [6.07, 6.45) is 6.28. The van der Waals surface area contributed by atoms with Crippen molar-refractivity contribution >= 4 is 11.6 Å². The maximum Gasteiger partial charge on any atom is 0.0613 e. The fourth-order valence-electron chi connectivity index (χ4n) is 2.11. The minimum absolute atomic E-state index is 0.303. The summed E-state index contributed by atoms with van der Waals surface area (Å²) in [7, 11) is 1.74. The van der Waals surface area contributed by atoms with Crippen LogP contribution in [0.25, 0.3) is 0 Å². The Morgan fingerprint density at radius 1 is 1.36 bits per heavy atom. The highest BCUT2D eigenvalue weighted by Gasteiger charge is 2.22. The van der Waals surface area contributed by atoms with Crippen LogP contribution in [0.2, 0.25) is 0 Å². The van der Waals surface area contributed by atoms with Crippen LogP contribution in [-0.4, -0.2) is 31.2 Å². The minimum Gasteiger partial charge on any atom is -0.383 e. The van der Waals surface area contributed by atoms with E-state index in [9.17, 15) is 0 Å². The average molecular weight is 220 g/mol. The lowest BCUT2D eigenvalue weighted by atomic mass is 10.1. The van der Waals surface area contributed by atoms with Crippen LogP contribution in [0, 0.1) is 0 Å². The second-order valence-electron chi connectivity index (χ2n) is 4.28. The zero-order chi connectivity index (χ0) is 10.4. The number of hydrogen-bond acceptors (Lipinski definition) is 2. The molecule has 1 saturated carbocycles. The summed E-state index contributed by atoms with van der Waals surface area (Å²) < 4.78 is 5.11. The smallest absolute Gasteiger partial charge is 0.0613 e. The highest BCUT2D eigenvalue weighted by Crippen LogP contribution is 2.22. The second-order valence-corrected chi connectivity index (χ2v) is 4.84. The van der Waals surface area contributed by atoms with Crippen LogP contribution in [0.4, 0.5) is 0 Å². The van der Waals surface area contributed by atoms with Crippen LogP contribution in [-0.2, 0) is 4.74 Å². The Morgan fingerprint density at radius 3 is 2.79 bits per heavy atom. The van der Waals surface area contributed by atoms with E-state index in [0.29, 0.717) is 17.5 Å². The average Bonchev–Trinajstić information content (AvgIpc) is 2.33. The Hall–Kier alpha value is 0.210. The van der Waals surface area contributed by atoms with E-state index in [0.717, 1.165) is 13.0 Å². The van der Waals surface area contributed by atoms with E-state index in [1.165, 1.54) is 25.7 Å². The van der Waals surface area contributed by atoms with Crippen LogP contribution in [0.5, 0.6) is 0 Å². The first-order chi connectivity index (χ1) is 6.74. The molecule has 1 fully saturated rings. The highest BCUT2D eigenvalue weighted by molar-refractivity contribution is 6.21. The Morgan fingerprint density at radius 2 is 2.07 bits per heavy atom. The standard InChI is InChI=1S/C11H22ClNO/c1-9(8-14-2)13-11-7-5-3-4-6-10(11)12/h9-11,13H,3-8H2,1-2H3. The normalized spacial score (nSPS) is 31.1. The van der Waals surface area contributed by atoms with Gasteiger partial charge in [0.1, 0.15) is 0 Å². The summed E-state index contributed by atoms with van der Waals surface area (Å²) in [4.78, 5) is 0. The zero-order valence-corrected chi connectivity index (χ0v) is 10.0. The molecule has 14 heavy (non-hydrogen) atoms. The molecular weight excluding hydrogens is 198 g/mol. The molecule has 3 unspecified atom stereocenters. The number of alkyl halides is 1. The van der Waals surface area contributed by atoms with Gasteiger partial charge in [-0.1, -0.05) is 19.3 Å². The summed E-state index contributed by atoms with van der Waals surface area (Å²) in [6, 6.07) is 0.883. The van der Waals surface area contributed by atoms with E-state index in [1.54, 1.807) is 7.11 Å². The molecule has 0 aromatic rings. The lowest BCUT2D eigenvalue weighted by Crippen LogP contribution is -2.43. The molecule has 2 nitrogen and oxygen atoms in total. The maximum atomic E-state index is 6.33. The van der Waals surface area contributed by atoms with E-state index in [1.807, 2.05) is 0 Å². The minimum atomic E-state index is 0.303. The van der Waals surface area contributed by atoms with Gasteiger partial charge in [-0.2, -0.15) is 0 Å². The molecule has 0 amide bonds. The number of methoxy groups -OCH3 is 1. The van der Waals surface area contributed by atoms with Gasteiger partial charge in [0, 0.05) is 24.6 Å². The quantitative estimate of drug-likeness (QED) is 0.580. The van der Waals surface area contributed by atoms with Crippen LogP contribution in [0.1, 0.15) is 39.0 Å². The van der Waals surface area contributed by atoms with Crippen molar-refractivity contribution < 1.29 is 4.74 Å². The van der Waals surface area contributed by atoms with Gasteiger partial charge in [0.25, 0.3) is 0 Å². The van der Waals surface area contributed by atoms with Gasteiger partial charge in [0.05, 0.1) is 6.61 Å². The molecular formula is C11H22ClNO. The number of rotatable bonds is 4. The Kier molecular flexibility index (Phi) is 5.83. The summed E-state index contributed by atoms with van der Waals surface area (Å²) in [6.45, 7) is 2.91. The lowest BCUT2D eigenvalue weighted by molar-refractivity contribution is 0.165. The molecule has 0 saturated heterocycles. The van der Waals surface area contributed by atoms with Crippen molar-refractivity contribution in [2.45, 2.75) is 56.5 Å². The van der Waals surface area contributed by atoms with Crippen molar-refractivity contribution in [2.24, 2.45) is 0 Å². The third-order valence-corrected chi connectivity index (χ3v) is 3.37. The SMILES string of the molecule is COCC(C)NC1CCCCCC1Cl. The first kappa shape index (κ1) is 12.3. The van der Waals surface area contributed by atoms with Gasteiger partial charge in [-0.25, -0.2) is 0 Å². The molecule has 1 aliphatic carbocycles. The largest absolute Gasteiger partial charge is 0.383 e. The van der Waals surface area contributed by atoms with Crippen molar-refractivity contribution in [2.75, 3.05) is 13.7 Å². The molecule has 0 aromatic heterocycles. The van der Waals surface area contributed by atoms with Crippen molar-refractivity contribution in [3.05, 3.63) is 0 Å². The summed E-state index contributed by atoms with van der Waals surface area (Å²) in [5, 5.41) is 3.86. The molecule has 3 heteroatoms. The van der Waals surface area contributed by atoms with Crippen LogP contribution < -0.4 is 5.32 Å². The first-order valence-electron chi connectivity index (χ1n) is 5.63. The number of halogens is 1. The number of hydrogen-bond donors (Lipinski definition) is 1. The van der Waals surface area contributed by atoms with Gasteiger partial charge in [-0.15, -0.1) is 11.6 Å². The molecule has 3 atom stereocenters. The predicted octanol–water partition coefficient (Wildman–Crippen LogP) is 2.55. The molecule has 0 bridgehead atoms. The van der Waals surface area contributed by atoms with E-state index in [2.05, 4.69) is 12.2 Å². The van der Waals surface area contributed by atoms with E-state index >= 15 is 0 Å². The molecule has 0 spiro atoms. The molecule has 1 N–H and O–H groups in total. The van der Waals surface area contributed by atoms with Crippen molar-refractivity contribution in [3.8, 4) is 0 Å². The fraction of sp³-hybridized carbons (Fsp3) is 1.00. The summed E-state index contributed by atoms with van der Waals surface area (Å²) in [5.74, 6) is 0. The van der Waals surface area contributed by atoms with Gasteiger partial charge in [0.15, 0.2) is 0 Å². The van der Waals surface area contributed by atoms with Gasteiger partial charge < -0.3 is 10.1 Å². The fourth-order valence-corrected chi connectivity index (χ4v) is 2.47. The maximum absolute atomic E-state index is 6.33. The zero-order valence-electron chi connectivity index (χ0n) is 9.26. The number of nitrogens with one attached hydrogen (secondary N) is 1. The topological polar surface area (TPSA) is 21.3 Å². The first-order valence-corrected chi connectivity index (χ1v) is 6.06. The monoisotopic (exact) mass is 219 g/mol. The molecule has 1 aliphatic rings. The Bertz CT molecular complexity index is 154. The predicted molar refractivity (Wildman–Crippen MR) is 61.0 cm³/mol. The van der Waals surface area contributed by atoms with Gasteiger partial charge in [-0.05, 0) is 19.8 Å². The second kappa shape index (κ2) is 6.65. The van der Waals surface area contributed by atoms with Crippen LogP contribution in [0.3, 0.4) is 0 Å². The highest BCUT2D eigenvalue weighted by atomic mass is 35.5. The summed E-state index contributed by atoms with van der Waals surface area (Å²) in [5.41, 5.74) is 0. The van der Waals surface area contributed by atoms with Crippen molar-refractivity contribution in [1.29, 1.82) is 0 Å². The molecule has 1 rings (SSSR count). The van der Waals surface area contributed by atoms with Crippen LogP contribution in [0.15, 0.2) is 0 Å². The molecule has 0 aromatic carbocycles.